The summed E-state index contributed by atoms with van der Waals surface area (Å²) in [7, 11) is 1.03. The average Bonchev–Trinajstić information content (AvgIpc) is 2.32. The summed E-state index contributed by atoms with van der Waals surface area (Å²) in [5.74, 6) is -0.645. The van der Waals surface area contributed by atoms with E-state index in [0.717, 1.165) is 13.5 Å². The van der Waals surface area contributed by atoms with Crippen LogP contribution in [0.5, 0.6) is 5.75 Å². The molecule has 0 amide bonds. The number of benzene rings is 1. The van der Waals surface area contributed by atoms with Gasteiger partial charge in [-0.1, -0.05) is 6.42 Å². The molecule has 0 bridgehead atoms. The maximum Gasteiger partial charge on any atom is 0.416 e. The summed E-state index contributed by atoms with van der Waals surface area (Å²) in [4.78, 5) is 0. The van der Waals surface area contributed by atoms with Crippen molar-refractivity contribution in [1.82, 2.24) is 0 Å². The van der Waals surface area contributed by atoms with Gasteiger partial charge in [0.2, 0.25) is 0 Å². The van der Waals surface area contributed by atoms with Gasteiger partial charge >= 0.3 is 12.4 Å². The van der Waals surface area contributed by atoms with E-state index in [1.165, 1.54) is 0 Å². The van der Waals surface area contributed by atoms with E-state index < -0.39 is 40.8 Å². The van der Waals surface area contributed by atoms with E-state index in [9.17, 15) is 26.3 Å². The fourth-order valence-electron chi connectivity index (χ4n) is 2.57. The molecule has 1 aliphatic rings. The molecule has 1 aromatic carbocycles. The molecule has 1 aliphatic carbocycles. The zero-order valence-electron chi connectivity index (χ0n) is 11.7. The summed E-state index contributed by atoms with van der Waals surface area (Å²) in [6.45, 7) is 0. The number of hydrogen-bond acceptors (Lipinski definition) is 2. The molecule has 0 radical (unpaired) electrons. The molecule has 2 rings (SSSR count). The Labute approximate surface area is 123 Å². The van der Waals surface area contributed by atoms with E-state index in [-0.39, 0.29) is 12.0 Å². The zero-order valence-corrected chi connectivity index (χ0v) is 11.7. The van der Waals surface area contributed by atoms with Crippen LogP contribution in [0.2, 0.25) is 0 Å². The summed E-state index contributed by atoms with van der Waals surface area (Å²) in [5.41, 5.74) is 2.70. The molecule has 2 nitrogen and oxygen atoms in total. The van der Waals surface area contributed by atoms with Gasteiger partial charge in [0.05, 0.1) is 18.2 Å². The normalized spacial score (nSPS) is 18.0. The molecular weight excluding hydrogens is 312 g/mol. The van der Waals surface area contributed by atoms with E-state index >= 15 is 0 Å². The summed E-state index contributed by atoms with van der Waals surface area (Å²) in [6.07, 6.45) is -7.68. The highest BCUT2D eigenvalue weighted by Gasteiger charge is 2.42. The van der Waals surface area contributed by atoms with Crippen LogP contribution in [0, 0.1) is 5.92 Å². The van der Waals surface area contributed by atoms with Crippen molar-refractivity contribution in [3.63, 3.8) is 0 Å². The quantitative estimate of drug-likeness (QED) is 0.828. The predicted molar refractivity (Wildman–Crippen MR) is 67.3 cm³/mol. The summed E-state index contributed by atoms with van der Waals surface area (Å²) < 4.78 is 82.7. The molecule has 1 fully saturated rings. The van der Waals surface area contributed by atoms with E-state index in [4.69, 9.17) is 10.5 Å². The van der Waals surface area contributed by atoms with Crippen molar-refractivity contribution in [3.8, 4) is 5.75 Å². The van der Waals surface area contributed by atoms with Crippen molar-refractivity contribution in [2.75, 3.05) is 7.11 Å². The van der Waals surface area contributed by atoms with E-state index in [1.807, 2.05) is 0 Å². The van der Waals surface area contributed by atoms with Gasteiger partial charge in [0.25, 0.3) is 0 Å². The van der Waals surface area contributed by atoms with Gasteiger partial charge in [0, 0.05) is 11.6 Å². The van der Waals surface area contributed by atoms with Crippen molar-refractivity contribution in [3.05, 3.63) is 28.8 Å². The van der Waals surface area contributed by atoms with Crippen molar-refractivity contribution >= 4 is 0 Å². The molecule has 0 spiro atoms. The fourth-order valence-corrected chi connectivity index (χ4v) is 2.57. The van der Waals surface area contributed by atoms with Crippen LogP contribution in [0.25, 0.3) is 0 Å². The van der Waals surface area contributed by atoms with E-state index in [1.54, 1.807) is 0 Å². The minimum atomic E-state index is -4.94. The predicted octanol–water partition coefficient (Wildman–Crippen LogP) is 4.53. The number of alkyl halides is 6. The third-order valence-electron chi connectivity index (χ3n) is 3.99. The second-order valence-electron chi connectivity index (χ2n) is 5.35. The molecule has 1 atom stereocenters. The zero-order chi connectivity index (χ0) is 16.7. The van der Waals surface area contributed by atoms with Gasteiger partial charge in [-0.25, -0.2) is 0 Å². The average molecular weight is 327 g/mol. The molecule has 124 valence electrons. The third-order valence-corrected chi connectivity index (χ3v) is 3.99. The first-order valence-electron chi connectivity index (χ1n) is 6.67. The van der Waals surface area contributed by atoms with Gasteiger partial charge in [0.1, 0.15) is 5.75 Å². The van der Waals surface area contributed by atoms with Crippen LogP contribution < -0.4 is 10.5 Å². The topological polar surface area (TPSA) is 35.2 Å². The molecular formula is C14H15F6NO. The molecule has 0 heterocycles. The standard InChI is InChI=1S/C14H15F6NO/c1-22-10-6-8(13(15,16)17)5-9(14(18,19)20)11(10)12(21)7-3-2-4-7/h5-7,12H,2-4,21H2,1H3/t12-/m1/s1. The maximum absolute atomic E-state index is 13.2. The van der Waals surface area contributed by atoms with Crippen molar-refractivity contribution < 1.29 is 31.1 Å². The lowest BCUT2D eigenvalue weighted by molar-refractivity contribution is -0.143. The monoisotopic (exact) mass is 327 g/mol. The third kappa shape index (κ3) is 3.16. The van der Waals surface area contributed by atoms with Crippen LogP contribution in [0.15, 0.2) is 12.1 Å². The molecule has 8 heteroatoms. The van der Waals surface area contributed by atoms with Gasteiger partial charge < -0.3 is 10.5 Å². The number of halogens is 6. The number of rotatable bonds is 3. The Kier molecular flexibility index (Phi) is 4.34. The van der Waals surface area contributed by atoms with Gasteiger partial charge in [-0.15, -0.1) is 0 Å². The Hall–Kier alpha value is -1.44. The Balaban J connectivity index is 2.63. The number of hydrogen-bond donors (Lipinski definition) is 1. The Bertz CT molecular complexity index is 547. The van der Waals surface area contributed by atoms with Gasteiger partial charge in [-0.2, -0.15) is 26.3 Å². The molecule has 0 aromatic heterocycles. The summed E-state index contributed by atoms with van der Waals surface area (Å²) in [6, 6.07) is -0.318. The molecule has 2 N–H and O–H groups in total. The minimum Gasteiger partial charge on any atom is -0.496 e. The number of methoxy groups -OCH3 is 1. The smallest absolute Gasteiger partial charge is 0.416 e. The Morgan fingerprint density at radius 3 is 2.05 bits per heavy atom. The fraction of sp³-hybridized carbons (Fsp3) is 0.571. The molecule has 22 heavy (non-hydrogen) atoms. The van der Waals surface area contributed by atoms with Crippen molar-refractivity contribution in [2.45, 2.75) is 37.7 Å². The van der Waals surface area contributed by atoms with E-state index in [2.05, 4.69) is 0 Å². The van der Waals surface area contributed by atoms with Crippen molar-refractivity contribution in [1.29, 1.82) is 0 Å². The first kappa shape index (κ1) is 16.9. The molecule has 0 saturated heterocycles. The first-order valence-corrected chi connectivity index (χ1v) is 6.67. The number of nitrogens with two attached hydrogens (primary N) is 1. The maximum atomic E-state index is 13.2. The lowest BCUT2D eigenvalue weighted by Gasteiger charge is -2.33. The highest BCUT2D eigenvalue weighted by Crippen LogP contribution is 2.47. The van der Waals surface area contributed by atoms with E-state index in [0.29, 0.717) is 18.9 Å². The highest BCUT2D eigenvalue weighted by atomic mass is 19.4. The first-order chi connectivity index (χ1) is 10.1. The second-order valence-corrected chi connectivity index (χ2v) is 5.35. The Morgan fingerprint density at radius 2 is 1.68 bits per heavy atom. The largest absolute Gasteiger partial charge is 0.496 e. The number of ether oxygens (including phenoxy) is 1. The van der Waals surface area contributed by atoms with Crippen molar-refractivity contribution in [2.24, 2.45) is 11.7 Å². The minimum absolute atomic E-state index is 0.108. The van der Waals surface area contributed by atoms with Crippen LogP contribution in [0.3, 0.4) is 0 Å². The van der Waals surface area contributed by atoms with Crippen LogP contribution in [0.4, 0.5) is 26.3 Å². The highest BCUT2D eigenvalue weighted by molar-refractivity contribution is 5.48. The molecule has 1 aromatic rings. The summed E-state index contributed by atoms with van der Waals surface area (Å²) >= 11 is 0. The van der Waals surface area contributed by atoms with Gasteiger partial charge in [0.15, 0.2) is 0 Å². The van der Waals surface area contributed by atoms with Crippen LogP contribution in [-0.2, 0) is 12.4 Å². The van der Waals surface area contributed by atoms with Crippen LogP contribution >= 0.6 is 0 Å². The molecule has 1 saturated carbocycles. The molecule has 0 aliphatic heterocycles. The second kappa shape index (κ2) is 5.64. The van der Waals surface area contributed by atoms with Gasteiger partial charge in [-0.05, 0) is 30.9 Å². The molecule has 0 unspecified atom stereocenters. The lowest BCUT2D eigenvalue weighted by atomic mass is 9.76. The van der Waals surface area contributed by atoms with Crippen LogP contribution in [0.1, 0.15) is 42.0 Å². The SMILES string of the molecule is COc1cc(C(F)(F)F)cc(C(F)(F)F)c1[C@H](N)C1CCC1. The Morgan fingerprint density at radius 1 is 1.09 bits per heavy atom. The summed E-state index contributed by atoms with van der Waals surface area (Å²) in [5, 5.41) is 0. The van der Waals surface area contributed by atoms with Crippen LogP contribution in [-0.4, -0.2) is 7.11 Å². The van der Waals surface area contributed by atoms with Gasteiger partial charge in [-0.3, -0.25) is 0 Å². The lowest BCUT2D eigenvalue weighted by Crippen LogP contribution is -2.30.